The molecule has 0 radical (unpaired) electrons. The minimum Gasteiger partial charge on any atom is -0.456 e. The highest BCUT2D eigenvalue weighted by Crippen LogP contribution is 2.50. The van der Waals surface area contributed by atoms with E-state index in [-0.39, 0.29) is 0 Å². The minimum atomic E-state index is 0.659. The Morgan fingerprint density at radius 2 is 1.34 bits per heavy atom. The molecular weight excluding hydrogens is 687 g/mol. The van der Waals surface area contributed by atoms with Crippen LogP contribution in [0.1, 0.15) is 17.7 Å². The van der Waals surface area contributed by atoms with E-state index in [1.807, 2.05) is 12.1 Å². The average molecular weight is 718 g/mol. The molecule has 0 bridgehead atoms. The summed E-state index contributed by atoms with van der Waals surface area (Å²) >= 11 is 0. The smallest absolute Gasteiger partial charge is 0.235 e. The molecule has 2 aliphatic rings. The molecule has 0 atom stereocenters. The zero-order valence-corrected chi connectivity index (χ0v) is 30.1. The van der Waals surface area contributed by atoms with E-state index >= 15 is 0 Å². The summed E-state index contributed by atoms with van der Waals surface area (Å²) in [5.41, 5.74) is 15.1. The van der Waals surface area contributed by atoms with E-state index in [9.17, 15) is 0 Å². The quantitative estimate of drug-likeness (QED) is 0.183. The van der Waals surface area contributed by atoms with Gasteiger partial charge < -0.3 is 13.9 Å². The molecule has 0 fully saturated rings. The molecule has 6 nitrogen and oxygen atoms in total. The van der Waals surface area contributed by atoms with Crippen LogP contribution in [0.5, 0.6) is 0 Å². The fraction of sp³-hybridized carbons (Fsp3) is 0.0400. The summed E-state index contributed by atoms with van der Waals surface area (Å²) in [7, 11) is 0. The van der Waals surface area contributed by atoms with Crippen molar-refractivity contribution in [3.8, 4) is 22.9 Å². The second kappa shape index (κ2) is 11.1. The van der Waals surface area contributed by atoms with Crippen molar-refractivity contribution in [1.29, 1.82) is 0 Å². The average Bonchev–Trinajstić information content (AvgIpc) is 3.91. The second-order valence-corrected chi connectivity index (χ2v) is 14.9. The number of nitrogens with zero attached hydrogens (tertiary/aromatic N) is 5. The number of fused-ring (bicyclic) bond motifs is 12. The van der Waals surface area contributed by atoms with Gasteiger partial charge in [-0.1, -0.05) is 97.1 Å². The lowest BCUT2D eigenvalue weighted by molar-refractivity contribution is 0.669. The number of furan rings is 1. The molecule has 13 rings (SSSR count). The molecule has 0 spiro atoms. The zero-order valence-electron chi connectivity index (χ0n) is 30.1. The van der Waals surface area contributed by atoms with Gasteiger partial charge in [-0.05, 0) is 79.6 Å². The van der Waals surface area contributed by atoms with Crippen molar-refractivity contribution in [2.45, 2.75) is 12.8 Å². The van der Waals surface area contributed by atoms with Gasteiger partial charge >= 0.3 is 0 Å². The molecule has 4 aromatic heterocycles. The number of hydrogen-bond acceptors (Lipinski definition) is 4. The first-order chi connectivity index (χ1) is 27.8. The van der Waals surface area contributed by atoms with E-state index in [1.54, 1.807) is 0 Å². The van der Waals surface area contributed by atoms with Gasteiger partial charge in [0.05, 0.1) is 44.5 Å². The van der Waals surface area contributed by atoms with Crippen molar-refractivity contribution in [3.63, 3.8) is 0 Å². The summed E-state index contributed by atoms with van der Waals surface area (Å²) < 4.78 is 11.1. The van der Waals surface area contributed by atoms with Gasteiger partial charge in [0.2, 0.25) is 5.95 Å². The standard InChI is InChI=1S/C50H31N5O/c1-2-13-30(14-3-1)53-41-22-10-6-18-36(41)48-47-38(19-12-23-42(47)53)51-50(52-48)55-40-21-9-5-17-35(40)46-43(55)27-26-34-32-15-4-8-20-39(32)54(49(34)46)31-25-28-45-37(29-31)33-16-7-11-24-44(33)56-45/h1-7,9-19,21-29H,8,20H2. The maximum absolute atomic E-state index is 6.28. The van der Waals surface area contributed by atoms with E-state index in [2.05, 4.69) is 166 Å². The first-order valence-electron chi connectivity index (χ1n) is 19.2. The number of allylic oxidation sites excluding steroid dienone is 1. The minimum absolute atomic E-state index is 0.659. The van der Waals surface area contributed by atoms with Crippen molar-refractivity contribution >= 4 is 88.7 Å². The van der Waals surface area contributed by atoms with Gasteiger partial charge in [-0.2, -0.15) is 0 Å². The molecule has 0 saturated carbocycles. The second-order valence-electron chi connectivity index (χ2n) is 14.9. The molecule has 0 unspecified atom stereocenters. The summed E-state index contributed by atoms with van der Waals surface area (Å²) in [4.78, 5) is 13.3. The molecule has 0 saturated heterocycles. The molecule has 0 N–H and O–H groups in total. The maximum atomic E-state index is 6.28. The topological polar surface area (TPSA) is 52.0 Å². The lowest BCUT2D eigenvalue weighted by atomic mass is 9.96. The molecule has 56 heavy (non-hydrogen) atoms. The summed E-state index contributed by atoms with van der Waals surface area (Å²) in [6, 6.07) is 53.9. The Hall–Kier alpha value is -7.44. The lowest BCUT2D eigenvalue weighted by Crippen LogP contribution is -2.16. The van der Waals surface area contributed by atoms with E-state index in [4.69, 9.17) is 14.4 Å². The Kier molecular flexibility index (Phi) is 5.91. The number of anilines is 3. The van der Waals surface area contributed by atoms with Crippen LogP contribution in [0, 0.1) is 0 Å². The fourth-order valence-corrected chi connectivity index (χ4v) is 9.60. The molecule has 5 heterocycles. The molecule has 11 aromatic rings. The molecule has 262 valence electrons. The lowest BCUT2D eigenvalue weighted by Gasteiger charge is -2.32. The van der Waals surface area contributed by atoms with Crippen LogP contribution in [0.15, 0.2) is 162 Å². The van der Waals surface area contributed by atoms with Crippen LogP contribution in [-0.2, 0) is 6.42 Å². The number of benzene rings is 7. The summed E-state index contributed by atoms with van der Waals surface area (Å²) in [6.07, 6.45) is 6.60. The van der Waals surface area contributed by atoms with Gasteiger partial charge in [-0.3, -0.25) is 4.57 Å². The van der Waals surface area contributed by atoms with Crippen molar-refractivity contribution in [1.82, 2.24) is 19.1 Å². The van der Waals surface area contributed by atoms with Crippen LogP contribution in [0.3, 0.4) is 0 Å². The summed E-state index contributed by atoms with van der Waals surface area (Å²) in [5, 5.41) is 6.92. The van der Waals surface area contributed by atoms with Crippen LogP contribution in [0.2, 0.25) is 0 Å². The number of hydrogen-bond donors (Lipinski definition) is 0. The van der Waals surface area contributed by atoms with Crippen molar-refractivity contribution in [2.24, 2.45) is 0 Å². The molecular formula is C50H31N5O. The van der Waals surface area contributed by atoms with Gasteiger partial charge in [0, 0.05) is 55.1 Å². The highest BCUT2D eigenvalue weighted by atomic mass is 16.3. The predicted octanol–water partition coefficient (Wildman–Crippen LogP) is 13.0. The van der Waals surface area contributed by atoms with Gasteiger partial charge in [0.15, 0.2) is 0 Å². The van der Waals surface area contributed by atoms with E-state index in [0.29, 0.717) is 5.95 Å². The van der Waals surface area contributed by atoms with Crippen LogP contribution in [-0.4, -0.2) is 19.1 Å². The van der Waals surface area contributed by atoms with Crippen LogP contribution in [0.4, 0.5) is 17.1 Å². The van der Waals surface area contributed by atoms with Gasteiger partial charge in [-0.15, -0.1) is 0 Å². The van der Waals surface area contributed by atoms with Gasteiger partial charge in [0.25, 0.3) is 0 Å². The van der Waals surface area contributed by atoms with Crippen LogP contribution < -0.4 is 4.90 Å². The normalized spacial score (nSPS) is 13.5. The van der Waals surface area contributed by atoms with Crippen molar-refractivity contribution < 1.29 is 4.42 Å². The van der Waals surface area contributed by atoms with E-state index < -0.39 is 0 Å². The molecule has 7 aromatic carbocycles. The third-order valence-corrected chi connectivity index (χ3v) is 11.9. The number of aromatic nitrogens is 4. The third kappa shape index (κ3) is 3.94. The molecule has 1 aliphatic carbocycles. The highest BCUT2D eigenvalue weighted by Gasteiger charge is 2.30. The third-order valence-electron chi connectivity index (χ3n) is 11.9. The van der Waals surface area contributed by atoms with Crippen molar-refractivity contribution in [2.75, 3.05) is 4.90 Å². The van der Waals surface area contributed by atoms with Crippen LogP contribution in [0.25, 0.3) is 94.5 Å². The largest absolute Gasteiger partial charge is 0.456 e. The Labute approximate surface area is 320 Å². The van der Waals surface area contributed by atoms with Crippen LogP contribution >= 0.6 is 0 Å². The molecule has 0 amide bonds. The highest BCUT2D eigenvalue weighted by molar-refractivity contribution is 6.22. The molecule has 1 aliphatic heterocycles. The predicted molar refractivity (Wildman–Crippen MR) is 229 cm³/mol. The van der Waals surface area contributed by atoms with Gasteiger partial charge in [-0.25, -0.2) is 9.97 Å². The van der Waals surface area contributed by atoms with E-state index in [1.165, 1.54) is 32.9 Å². The van der Waals surface area contributed by atoms with E-state index in [0.717, 1.165) is 90.7 Å². The first-order valence-corrected chi connectivity index (χ1v) is 19.2. The maximum Gasteiger partial charge on any atom is 0.235 e. The Balaban J connectivity index is 1.12. The van der Waals surface area contributed by atoms with Crippen molar-refractivity contribution in [3.05, 3.63) is 169 Å². The summed E-state index contributed by atoms with van der Waals surface area (Å²) in [5.74, 6) is 0.659. The number of para-hydroxylation sites is 4. The monoisotopic (exact) mass is 717 g/mol. The summed E-state index contributed by atoms with van der Waals surface area (Å²) in [6.45, 7) is 0. The first kappa shape index (κ1) is 29.9. The SMILES string of the molecule is C1=Cc2c(n(-c3ccc4oc5ccccc5c4c3)c3c2ccc2c3c3ccccc3n2-c2nc3c4c(cccc4n2)N(c2ccccc2)c2ccccc2-3)CC1. The zero-order chi connectivity index (χ0) is 36.5. The Bertz CT molecular complexity index is 3490. The number of rotatable bonds is 3. The Morgan fingerprint density at radius 1 is 0.536 bits per heavy atom. The van der Waals surface area contributed by atoms with Gasteiger partial charge in [0.1, 0.15) is 11.2 Å². The molecule has 6 heteroatoms. The fourth-order valence-electron chi connectivity index (χ4n) is 9.60. The Morgan fingerprint density at radius 3 is 2.29 bits per heavy atom.